The molecule has 0 aliphatic heterocycles. The van der Waals surface area contributed by atoms with Gasteiger partial charge in [-0.1, -0.05) is 34.6 Å². The van der Waals surface area contributed by atoms with Crippen LogP contribution in [0, 0.1) is 10.8 Å². The minimum absolute atomic E-state index is 0.0179. The molecule has 0 aliphatic carbocycles. The third-order valence-electron chi connectivity index (χ3n) is 2.74. The van der Waals surface area contributed by atoms with Crippen molar-refractivity contribution in [1.82, 2.24) is 0 Å². The van der Waals surface area contributed by atoms with Crippen LogP contribution in [0.3, 0.4) is 0 Å². The van der Waals surface area contributed by atoms with E-state index in [1.165, 1.54) is 11.8 Å². The van der Waals surface area contributed by atoms with Crippen LogP contribution in [0.15, 0.2) is 0 Å². The number of amides is 1. The van der Waals surface area contributed by atoms with Gasteiger partial charge in [-0.3, -0.25) is 9.59 Å². The second-order valence-corrected chi connectivity index (χ2v) is 7.42. The van der Waals surface area contributed by atoms with Crippen molar-refractivity contribution in [2.45, 2.75) is 52.7 Å². The molecule has 1 amide bonds. The summed E-state index contributed by atoms with van der Waals surface area (Å²) in [5.41, 5.74) is 4.80. The first-order valence-electron chi connectivity index (χ1n) is 5.85. The Morgan fingerprint density at radius 2 is 1.65 bits per heavy atom. The first-order valence-corrected chi connectivity index (χ1v) is 7.14. The van der Waals surface area contributed by atoms with Gasteiger partial charge in [0.15, 0.2) is 0 Å². The molecule has 0 aromatic carbocycles. The molecule has 1 unspecified atom stereocenters. The molecular weight excluding hydrogens is 234 g/mol. The Kier molecular flexibility index (Phi) is 5.72. The molecule has 0 saturated heterocycles. The van der Waals surface area contributed by atoms with E-state index in [1.807, 2.05) is 40.9 Å². The van der Waals surface area contributed by atoms with Crippen LogP contribution in [-0.4, -0.2) is 23.2 Å². The van der Waals surface area contributed by atoms with E-state index in [4.69, 9.17) is 5.73 Å². The van der Waals surface area contributed by atoms with Crippen molar-refractivity contribution in [1.29, 1.82) is 0 Å². The number of hydrogen-bond acceptors (Lipinski definition) is 3. The van der Waals surface area contributed by atoms with Crippen LogP contribution in [0.4, 0.5) is 0 Å². The van der Waals surface area contributed by atoms with Crippen molar-refractivity contribution < 1.29 is 9.59 Å². The third kappa shape index (κ3) is 6.10. The number of hydrogen-bond donors (Lipinski definition) is 1. The highest BCUT2D eigenvalue weighted by molar-refractivity contribution is 7.99. The second kappa shape index (κ2) is 5.89. The fourth-order valence-corrected chi connectivity index (χ4v) is 2.41. The molecule has 0 aliphatic rings. The normalized spacial score (nSPS) is 14.5. The zero-order valence-corrected chi connectivity index (χ0v) is 12.6. The summed E-state index contributed by atoms with van der Waals surface area (Å²) in [6.07, 6.45) is 2.89. The van der Waals surface area contributed by atoms with Crippen molar-refractivity contribution in [3.63, 3.8) is 0 Å². The molecule has 3 nitrogen and oxygen atoms in total. The lowest BCUT2D eigenvalue weighted by Crippen LogP contribution is -2.36. The Morgan fingerprint density at radius 3 is 1.94 bits per heavy atom. The van der Waals surface area contributed by atoms with Crippen LogP contribution in [0.2, 0.25) is 0 Å². The van der Waals surface area contributed by atoms with E-state index >= 15 is 0 Å². The summed E-state index contributed by atoms with van der Waals surface area (Å²) in [6, 6.07) is 0. The molecular formula is C13H25NO2S. The van der Waals surface area contributed by atoms with E-state index in [0.29, 0.717) is 12.8 Å². The number of ketones is 1. The number of primary amides is 1. The van der Waals surface area contributed by atoms with Gasteiger partial charge >= 0.3 is 0 Å². The summed E-state index contributed by atoms with van der Waals surface area (Å²) in [4.78, 5) is 23.4. The van der Waals surface area contributed by atoms with Gasteiger partial charge in [-0.05, 0) is 18.1 Å². The van der Waals surface area contributed by atoms with Crippen LogP contribution < -0.4 is 5.73 Å². The van der Waals surface area contributed by atoms with E-state index < -0.39 is 5.41 Å². The number of Topliss-reactive ketones (excluding diaryl/α,β-unsaturated/α-hetero) is 1. The molecule has 0 spiro atoms. The lowest BCUT2D eigenvalue weighted by Gasteiger charge is -2.29. The van der Waals surface area contributed by atoms with Gasteiger partial charge in [-0.2, -0.15) is 11.8 Å². The second-order valence-electron chi connectivity index (χ2n) is 6.38. The van der Waals surface area contributed by atoms with Gasteiger partial charge in [0.1, 0.15) is 5.78 Å². The molecule has 0 aromatic rings. The van der Waals surface area contributed by atoms with Gasteiger partial charge in [0.2, 0.25) is 5.91 Å². The van der Waals surface area contributed by atoms with Crippen LogP contribution in [0.1, 0.15) is 47.5 Å². The predicted octanol–water partition coefficient (Wildman–Crippen LogP) is 2.62. The molecule has 0 radical (unpaired) electrons. The highest BCUT2D eigenvalue weighted by atomic mass is 32.2. The Hall–Kier alpha value is -0.510. The van der Waals surface area contributed by atoms with Gasteiger partial charge in [-0.15, -0.1) is 0 Å². The average molecular weight is 259 g/mol. The molecule has 1 atom stereocenters. The van der Waals surface area contributed by atoms with Crippen molar-refractivity contribution in [3.8, 4) is 0 Å². The summed E-state index contributed by atoms with van der Waals surface area (Å²) >= 11 is 1.41. The van der Waals surface area contributed by atoms with E-state index in [1.54, 1.807) is 0 Å². The van der Waals surface area contributed by atoms with Crippen molar-refractivity contribution >= 4 is 23.5 Å². The van der Waals surface area contributed by atoms with E-state index in [-0.39, 0.29) is 22.4 Å². The quantitative estimate of drug-likeness (QED) is 0.797. The number of thioether (sulfide) groups is 1. The Morgan fingerprint density at radius 1 is 1.18 bits per heavy atom. The van der Waals surface area contributed by atoms with Gasteiger partial charge < -0.3 is 5.73 Å². The summed E-state index contributed by atoms with van der Waals surface area (Å²) in [5.74, 6) is -0.139. The SMILES string of the molecule is CSC(CC(C)(C)C(=O)CC(C)(C)C)C(N)=O. The van der Waals surface area contributed by atoms with Gasteiger partial charge in [-0.25, -0.2) is 0 Å². The van der Waals surface area contributed by atoms with Gasteiger partial charge in [0, 0.05) is 11.8 Å². The predicted molar refractivity (Wildman–Crippen MR) is 74.0 cm³/mol. The summed E-state index contributed by atoms with van der Waals surface area (Å²) in [7, 11) is 0. The van der Waals surface area contributed by atoms with E-state index in [9.17, 15) is 9.59 Å². The molecule has 0 heterocycles. The molecule has 0 fully saturated rings. The molecule has 0 saturated carbocycles. The summed E-state index contributed by atoms with van der Waals surface area (Å²) < 4.78 is 0. The van der Waals surface area contributed by atoms with Gasteiger partial charge in [0.25, 0.3) is 0 Å². The largest absolute Gasteiger partial charge is 0.369 e. The lowest BCUT2D eigenvalue weighted by atomic mass is 9.76. The fraction of sp³-hybridized carbons (Fsp3) is 0.846. The minimum Gasteiger partial charge on any atom is -0.369 e. The first kappa shape index (κ1) is 16.5. The Balaban J connectivity index is 4.66. The number of carbonyl (C=O) groups is 2. The standard InChI is InChI=1S/C13H25NO2S/c1-12(2,3)8-10(15)13(4,5)7-9(17-6)11(14)16/h9H,7-8H2,1-6H3,(H2,14,16). The Labute approximate surface area is 109 Å². The highest BCUT2D eigenvalue weighted by Gasteiger charge is 2.34. The molecule has 0 rings (SSSR count). The zero-order valence-electron chi connectivity index (χ0n) is 11.8. The Bertz CT molecular complexity index is 292. The van der Waals surface area contributed by atoms with E-state index in [2.05, 4.69) is 0 Å². The molecule has 0 aromatic heterocycles. The third-order valence-corrected chi connectivity index (χ3v) is 3.71. The number of rotatable bonds is 6. The topological polar surface area (TPSA) is 60.2 Å². The molecule has 0 bridgehead atoms. The van der Waals surface area contributed by atoms with Gasteiger partial charge in [0.05, 0.1) is 5.25 Å². The summed E-state index contributed by atoms with van der Waals surface area (Å²) in [6.45, 7) is 9.92. The first-order chi connectivity index (χ1) is 7.49. The number of carbonyl (C=O) groups excluding carboxylic acids is 2. The average Bonchev–Trinajstić information content (AvgIpc) is 2.10. The maximum Gasteiger partial charge on any atom is 0.230 e. The van der Waals surface area contributed by atoms with Crippen LogP contribution in [0.25, 0.3) is 0 Å². The monoisotopic (exact) mass is 259 g/mol. The van der Waals surface area contributed by atoms with Crippen LogP contribution >= 0.6 is 11.8 Å². The lowest BCUT2D eigenvalue weighted by molar-refractivity contribution is -0.129. The molecule has 4 heteroatoms. The van der Waals surface area contributed by atoms with Crippen molar-refractivity contribution in [3.05, 3.63) is 0 Å². The van der Waals surface area contributed by atoms with Crippen molar-refractivity contribution in [2.24, 2.45) is 16.6 Å². The highest BCUT2D eigenvalue weighted by Crippen LogP contribution is 2.33. The van der Waals surface area contributed by atoms with E-state index in [0.717, 1.165) is 0 Å². The maximum absolute atomic E-state index is 12.2. The fourth-order valence-electron chi connectivity index (χ4n) is 1.60. The number of nitrogens with two attached hydrogens (primary N) is 1. The smallest absolute Gasteiger partial charge is 0.230 e. The molecule has 2 N–H and O–H groups in total. The summed E-state index contributed by atoms with van der Waals surface area (Å²) in [5, 5.41) is -0.283. The van der Waals surface area contributed by atoms with Crippen molar-refractivity contribution in [2.75, 3.05) is 6.26 Å². The molecule has 100 valence electrons. The minimum atomic E-state index is -0.490. The van der Waals surface area contributed by atoms with Crippen LogP contribution in [-0.2, 0) is 9.59 Å². The van der Waals surface area contributed by atoms with Crippen LogP contribution in [0.5, 0.6) is 0 Å². The zero-order chi connectivity index (χ0) is 13.9. The molecule has 17 heavy (non-hydrogen) atoms. The maximum atomic E-state index is 12.2.